The van der Waals surface area contributed by atoms with Gasteiger partial charge in [-0.05, 0) is 29.0 Å². The minimum absolute atomic E-state index is 0.114. The summed E-state index contributed by atoms with van der Waals surface area (Å²) in [5, 5.41) is 12.2. The molecule has 146 valence electrons. The molecule has 0 heterocycles. The van der Waals surface area contributed by atoms with Crippen LogP contribution in [0.25, 0.3) is 10.8 Å². The average molecular weight is 393 g/mol. The van der Waals surface area contributed by atoms with Crippen molar-refractivity contribution in [2.45, 2.75) is 0 Å². The van der Waals surface area contributed by atoms with Crippen molar-refractivity contribution < 1.29 is 24.0 Å². The second kappa shape index (κ2) is 8.61. The quantitative estimate of drug-likeness (QED) is 0.389. The van der Waals surface area contributed by atoms with Crippen LogP contribution in [-0.4, -0.2) is 29.3 Å². The second-order valence-corrected chi connectivity index (χ2v) is 5.91. The lowest BCUT2D eigenvalue weighted by molar-refractivity contribution is -0.384. The van der Waals surface area contributed by atoms with Gasteiger partial charge in [-0.15, -0.1) is 0 Å². The zero-order valence-corrected chi connectivity index (χ0v) is 15.0. The van der Waals surface area contributed by atoms with Gasteiger partial charge in [-0.3, -0.25) is 30.6 Å². The highest BCUT2D eigenvalue weighted by Crippen LogP contribution is 2.19. The van der Waals surface area contributed by atoms with Crippen LogP contribution in [-0.2, 0) is 9.53 Å². The number of nitro groups is 1. The van der Waals surface area contributed by atoms with E-state index in [0.29, 0.717) is 10.9 Å². The molecule has 29 heavy (non-hydrogen) atoms. The molecule has 0 aliphatic heterocycles. The normalized spacial score (nSPS) is 10.2. The summed E-state index contributed by atoms with van der Waals surface area (Å²) in [5.41, 5.74) is 4.53. The average Bonchev–Trinajstić information content (AvgIpc) is 2.75. The summed E-state index contributed by atoms with van der Waals surface area (Å²) in [6, 6.07) is 17.3. The van der Waals surface area contributed by atoms with Gasteiger partial charge in [0.25, 0.3) is 17.5 Å². The highest BCUT2D eigenvalue weighted by Gasteiger charge is 2.14. The second-order valence-electron chi connectivity index (χ2n) is 5.91. The zero-order valence-electron chi connectivity index (χ0n) is 15.0. The van der Waals surface area contributed by atoms with Crippen molar-refractivity contribution in [1.82, 2.24) is 10.9 Å². The third-order valence-corrected chi connectivity index (χ3v) is 4.00. The molecule has 2 N–H and O–H groups in total. The van der Waals surface area contributed by atoms with Crippen molar-refractivity contribution in [2.75, 3.05) is 6.61 Å². The SMILES string of the molecule is O=C(COC(=O)c1cccc2ccccc12)NNC(=O)c1ccc([N+](=O)[O-])cc1. The minimum atomic E-state index is -0.742. The third-order valence-electron chi connectivity index (χ3n) is 4.00. The highest BCUT2D eigenvalue weighted by molar-refractivity contribution is 6.05. The van der Waals surface area contributed by atoms with Crippen LogP contribution in [0.15, 0.2) is 66.7 Å². The van der Waals surface area contributed by atoms with Crippen molar-refractivity contribution in [3.8, 4) is 0 Å². The number of carbonyl (C=O) groups excluding carboxylic acids is 3. The van der Waals surface area contributed by atoms with Crippen LogP contribution in [0.3, 0.4) is 0 Å². The van der Waals surface area contributed by atoms with Crippen molar-refractivity contribution >= 4 is 34.2 Å². The molecule has 0 bridgehead atoms. The van der Waals surface area contributed by atoms with E-state index in [1.54, 1.807) is 24.3 Å². The Kier molecular flexibility index (Phi) is 5.79. The molecule has 3 aromatic carbocycles. The van der Waals surface area contributed by atoms with Crippen LogP contribution >= 0.6 is 0 Å². The maximum absolute atomic E-state index is 12.3. The number of nitrogens with one attached hydrogen (secondary N) is 2. The van der Waals surface area contributed by atoms with Crippen molar-refractivity contribution in [1.29, 1.82) is 0 Å². The molecule has 0 unspecified atom stereocenters. The maximum atomic E-state index is 12.3. The number of rotatable bonds is 5. The van der Waals surface area contributed by atoms with Crippen LogP contribution in [0.2, 0.25) is 0 Å². The van der Waals surface area contributed by atoms with Gasteiger partial charge in [-0.2, -0.15) is 0 Å². The smallest absolute Gasteiger partial charge is 0.339 e. The maximum Gasteiger partial charge on any atom is 0.339 e. The molecule has 9 nitrogen and oxygen atoms in total. The van der Waals surface area contributed by atoms with Gasteiger partial charge >= 0.3 is 5.97 Å². The molecular formula is C20H15N3O6. The lowest BCUT2D eigenvalue weighted by Crippen LogP contribution is -2.43. The number of nitro benzene ring substituents is 1. The molecule has 0 aliphatic rings. The number of non-ortho nitro benzene ring substituents is 1. The molecule has 0 radical (unpaired) electrons. The molecule has 9 heteroatoms. The fraction of sp³-hybridized carbons (Fsp3) is 0.0500. The van der Waals surface area contributed by atoms with E-state index in [2.05, 4.69) is 10.9 Å². The Morgan fingerprint density at radius 3 is 2.31 bits per heavy atom. The van der Waals surface area contributed by atoms with E-state index in [1.165, 1.54) is 24.3 Å². The molecule has 0 atom stereocenters. The number of hydrogen-bond acceptors (Lipinski definition) is 6. The predicted octanol–water partition coefficient (Wildman–Crippen LogP) is 2.37. The Morgan fingerprint density at radius 1 is 0.897 bits per heavy atom. The Hall–Kier alpha value is -4.27. The number of amides is 2. The number of hydrogen-bond donors (Lipinski definition) is 2. The lowest BCUT2D eigenvalue weighted by Gasteiger charge is -2.09. The first-order valence-corrected chi connectivity index (χ1v) is 8.44. The Bertz CT molecular complexity index is 1090. The predicted molar refractivity (Wildman–Crippen MR) is 103 cm³/mol. The van der Waals surface area contributed by atoms with E-state index in [0.717, 1.165) is 5.39 Å². The minimum Gasteiger partial charge on any atom is -0.452 e. The summed E-state index contributed by atoms with van der Waals surface area (Å²) in [6.45, 7) is -0.595. The number of ether oxygens (including phenoxy) is 1. The van der Waals surface area contributed by atoms with E-state index in [4.69, 9.17) is 4.74 Å². The standard InChI is InChI=1S/C20H15N3O6/c24-18(21-22-19(25)14-8-10-15(11-9-14)23(27)28)12-29-20(26)17-7-3-5-13-4-1-2-6-16(13)17/h1-11H,12H2,(H,21,24)(H,22,25). The molecule has 0 aliphatic carbocycles. The van der Waals surface area contributed by atoms with Crippen molar-refractivity contribution in [2.24, 2.45) is 0 Å². The van der Waals surface area contributed by atoms with Gasteiger partial charge in [0.2, 0.25) is 0 Å². The Morgan fingerprint density at radius 2 is 1.59 bits per heavy atom. The molecule has 0 saturated heterocycles. The Labute approximate surface area is 164 Å². The number of hydrazine groups is 1. The van der Waals surface area contributed by atoms with Gasteiger partial charge in [-0.1, -0.05) is 36.4 Å². The summed E-state index contributed by atoms with van der Waals surface area (Å²) in [4.78, 5) is 46.0. The third kappa shape index (κ3) is 4.72. The van der Waals surface area contributed by atoms with E-state index >= 15 is 0 Å². The first kappa shape index (κ1) is 19.5. The van der Waals surface area contributed by atoms with Gasteiger partial charge in [0, 0.05) is 17.7 Å². The topological polar surface area (TPSA) is 128 Å². The fourth-order valence-corrected chi connectivity index (χ4v) is 2.58. The first-order valence-electron chi connectivity index (χ1n) is 8.44. The summed E-state index contributed by atoms with van der Waals surface area (Å²) in [6.07, 6.45) is 0. The van der Waals surface area contributed by atoms with Crippen molar-refractivity contribution in [3.63, 3.8) is 0 Å². The Balaban J connectivity index is 1.52. The van der Waals surface area contributed by atoms with Crippen LogP contribution in [0, 0.1) is 10.1 Å². The molecule has 0 fully saturated rings. The molecular weight excluding hydrogens is 378 g/mol. The summed E-state index contributed by atoms with van der Waals surface area (Å²) in [5.74, 6) is -2.08. The van der Waals surface area contributed by atoms with Crippen molar-refractivity contribution in [3.05, 3.63) is 88.0 Å². The molecule has 0 saturated carbocycles. The van der Waals surface area contributed by atoms with E-state index < -0.39 is 29.3 Å². The first-order chi connectivity index (χ1) is 14.0. The van der Waals surface area contributed by atoms with Gasteiger partial charge in [0.15, 0.2) is 6.61 Å². The molecule has 0 spiro atoms. The fourth-order valence-electron chi connectivity index (χ4n) is 2.58. The molecule has 3 aromatic rings. The highest BCUT2D eigenvalue weighted by atomic mass is 16.6. The van der Waals surface area contributed by atoms with Crippen LogP contribution < -0.4 is 10.9 Å². The number of fused-ring (bicyclic) bond motifs is 1. The van der Waals surface area contributed by atoms with Crippen LogP contribution in [0.5, 0.6) is 0 Å². The van der Waals surface area contributed by atoms with Gasteiger partial charge in [-0.25, -0.2) is 4.79 Å². The van der Waals surface area contributed by atoms with E-state index in [9.17, 15) is 24.5 Å². The number of nitrogens with zero attached hydrogens (tertiary/aromatic N) is 1. The van der Waals surface area contributed by atoms with E-state index in [-0.39, 0.29) is 11.3 Å². The van der Waals surface area contributed by atoms with Gasteiger partial charge in [0.1, 0.15) is 0 Å². The number of benzene rings is 3. The summed E-state index contributed by atoms with van der Waals surface area (Å²) >= 11 is 0. The molecule has 0 aromatic heterocycles. The monoisotopic (exact) mass is 393 g/mol. The van der Waals surface area contributed by atoms with Gasteiger partial charge in [0.05, 0.1) is 10.5 Å². The molecule has 3 rings (SSSR count). The van der Waals surface area contributed by atoms with Gasteiger partial charge < -0.3 is 4.74 Å². The zero-order chi connectivity index (χ0) is 20.8. The molecule has 2 amide bonds. The van der Waals surface area contributed by atoms with E-state index in [1.807, 2.05) is 18.2 Å². The summed E-state index contributed by atoms with van der Waals surface area (Å²) < 4.78 is 5.00. The number of carbonyl (C=O) groups is 3. The summed E-state index contributed by atoms with van der Waals surface area (Å²) in [7, 11) is 0. The largest absolute Gasteiger partial charge is 0.452 e. The number of esters is 1. The lowest BCUT2D eigenvalue weighted by atomic mass is 10.1. The van der Waals surface area contributed by atoms with Crippen LogP contribution in [0.4, 0.5) is 5.69 Å². The van der Waals surface area contributed by atoms with Crippen LogP contribution in [0.1, 0.15) is 20.7 Å².